The summed E-state index contributed by atoms with van der Waals surface area (Å²) in [6.07, 6.45) is 1.65. The van der Waals surface area contributed by atoms with Crippen molar-refractivity contribution in [2.45, 2.75) is 16.7 Å². The molecule has 0 atom stereocenters. The Hall–Kier alpha value is -2.53. The van der Waals surface area contributed by atoms with Crippen LogP contribution in [0.25, 0.3) is 6.08 Å². The van der Waals surface area contributed by atoms with Gasteiger partial charge in [0.1, 0.15) is 5.70 Å². The molecule has 1 heterocycles. The Morgan fingerprint density at radius 3 is 2.00 bits per heavy atom. The first-order valence-corrected chi connectivity index (χ1v) is 7.60. The van der Waals surface area contributed by atoms with Crippen LogP contribution in [-0.4, -0.2) is 11.9 Å². The molecule has 1 aliphatic heterocycles. The van der Waals surface area contributed by atoms with Crippen molar-refractivity contribution in [3.8, 4) is 0 Å². The van der Waals surface area contributed by atoms with E-state index in [-0.39, 0.29) is 5.70 Å². The van der Waals surface area contributed by atoms with Crippen molar-refractivity contribution in [2.24, 2.45) is 0 Å². The number of nitrogens with one attached hydrogen (secondary N) is 2. The molecule has 2 N–H and O–H groups in total. The van der Waals surface area contributed by atoms with Gasteiger partial charge < -0.3 is 5.32 Å². The summed E-state index contributed by atoms with van der Waals surface area (Å²) in [5.41, 5.74) is 2.37. The predicted molar refractivity (Wildman–Crippen MR) is 86.4 cm³/mol. The summed E-state index contributed by atoms with van der Waals surface area (Å²) in [6.45, 7) is 2.06. The first kappa shape index (κ1) is 14.4. The highest BCUT2D eigenvalue weighted by atomic mass is 32.2. The van der Waals surface area contributed by atoms with Crippen LogP contribution < -0.4 is 10.6 Å². The lowest BCUT2D eigenvalue weighted by Gasteiger charge is -2.03. The van der Waals surface area contributed by atoms with Gasteiger partial charge in [0, 0.05) is 9.79 Å². The molecule has 0 aliphatic carbocycles. The van der Waals surface area contributed by atoms with Gasteiger partial charge in [0.25, 0.3) is 5.91 Å². The van der Waals surface area contributed by atoms with Crippen LogP contribution in [0.5, 0.6) is 0 Å². The number of carbonyl (C=O) groups excluding carboxylic acids is 2. The van der Waals surface area contributed by atoms with Crippen molar-refractivity contribution in [3.63, 3.8) is 0 Å². The Labute approximate surface area is 132 Å². The monoisotopic (exact) mass is 310 g/mol. The average Bonchev–Trinajstić information content (AvgIpc) is 2.81. The zero-order valence-electron chi connectivity index (χ0n) is 11.9. The van der Waals surface area contributed by atoms with Gasteiger partial charge in [0.15, 0.2) is 0 Å². The van der Waals surface area contributed by atoms with E-state index in [1.165, 1.54) is 10.5 Å². The summed E-state index contributed by atoms with van der Waals surface area (Å²) < 4.78 is 0. The Balaban J connectivity index is 1.73. The summed E-state index contributed by atoms with van der Waals surface area (Å²) in [5, 5.41) is 4.64. The highest BCUT2D eigenvalue weighted by molar-refractivity contribution is 7.99. The van der Waals surface area contributed by atoms with Crippen molar-refractivity contribution < 1.29 is 9.59 Å². The van der Waals surface area contributed by atoms with Gasteiger partial charge in [0.2, 0.25) is 0 Å². The zero-order chi connectivity index (χ0) is 15.5. The van der Waals surface area contributed by atoms with Crippen molar-refractivity contribution >= 4 is 29.8 Å². The highest BCUT2D eigenvalue weighted by Gasteiger charge is 2.22. The van der Waals surface area contributed by atoms with E-state index in [2.05, 4.69) is 41.8 Å². The lowest BCUT2D eigenvalue weighted by Crippen LogP contribution is -2.22. The number of carbonyl (C=O) groups is 2. The molecule has 0 bridgehead atoms. The van der Waals surface area contributed by atoms with Crippen LogP contribution in [0.15, 0.2) is 64.0 Å². The first-order chi connectivity index (χ1) is 10.6. The van der Waals surface area contributed by atoms with Gasteiger partial charge in [-0.05, 0) is 42.8 Å². The number of imide groups is 1. The molecule has 3 amide bonds. The van der Waals surface area contributed by atoms with E-state index in [0.29, 0.717) is 0 Å². The maximum absolute atomic E-state index is 11.5. The molecule has 0 spiro atoms. The van der Waals surface area contributed by atoms with E-state index >= 15 is 0 Å². The Bertz CT molecular complexity index is 749. The second kappa shape index (κ2) is 6.07. The standard InChI is InChI=1S/C17H14N2O2S/c1-11-2-6-13(7-3-11)22-14-8-4-12(5-9-14)10-15-16(20)19-17(21)18-15/h2-10H,1H3,(H2,18,19,20,21). The largest absolute Gasteiger partial charge is 0.326 e. The van der Waals surface area contributed by atoms with Crippen LogP contribution in [0.2, 0.25) is 0 Å². The van der Waals surface area contributed by atoms with Gasteiger partial charge in [-0.2, -0.15) is 0 Å². The van der Waals surface area contributed by atoms with Crippen molar-refractivity contribution in [3.05, 3.63) is 65.4 Å². The Kier molecular flexibility index (Phi) is 3.98. The first-order valence-electron chi connectivity index (χ1n) is 6.79. The van der Waals surface area contributed by atoms with Gasteiger partial charge in [-0.25, -0.2) is 4.79 Å². The number of hydrogen-bond acceptors (Lipinski definition) is 3. The molecule has 1 saturated heterocycles. The molecule has 110 valence electrons. The third-order valence-corrected chi connectivity index (χ3v) is 4.18. The molecule has 5 heteroatoms. The molecule has 1 fully saturated rings. The van der Waals surface area contributed by atoms with Crippen LogP contribution >= 0.6 is 11.8 Å². The van der Waals surface area contributed by atoms with Crippen LogP contribution in [-0.2, 0) is 4.79 Å². The molecule has 2 aromatic rings. The smallest absolute Gasteiger partial charge is 0.303 e. The maximum Gasteiger partial charge on any atom is 0.326 e. The summed E-state index contributed by atoms with van der Waals surface area (Å²) in [7, 11) is 0. The molecule has 3 rings (SSSR count). The minimum atomic E-state index is -0.484. The molecule has 1 aliphatic rings. The van der Waals surface area contributed by atoms with E-state index in [9.17, 15) is 9.59 Å². The number of aryl methyl sites for hydroxylation is 1. The van der Waals surface area contributed by atoms with Crippen molar-refractivity contribution in [1.29, 1.82) is 0 Å². The van der Waals surface area contributed by atoms with Gasteiger partial charge in [0.05, 0.1) is 0 Å². The second-order valence-corrected chi connectivity index (χ2v) is 6.10. The number of benzene rings is 2. The maximum atomic E-state index is 11.5. The number of urea groups is 1. The third kappa shape index (κ3) is 3.38. The van der Waals surface area contributed by atoms with E-state index in [0.717, 1.165) is 10.5 Å². The van der Waals surface area contributed by atoms with E-state index in [1.807, 2.05) is 24.3 Å². The second-order valence-electron chi connectivity index (χ2n) is 4.95. The Morgan fingerprint density at radius 1 is 0.864 bits per heavy atom. The van der Waals surface area contributed by atoms with E-state index in [1.54, 1.807) is 17.8 Å². The predicted octanol–water partition coefficient (Wildman–Crippen LogP) is 3.33. The fourth-order valence-corrected chi connectivity index (χ4v) is 2.84. The highest BCUT2D eigenvalue weighted by Crippen LogP contribution is 2.28. The summed E-state index contributed by atoms with van der Waals surface area (Å²) in [6, 6.07) is 15.7. The molecule has 4 nitrogen and oxygen atoms in total. The van der Waals surface area contributed by atoms with E-state index in [4.69, 9.17) is 0 Å². The average molecular weight is 310 g/mol. The lowest BCUT2D eigenvalue weighted by atomic mass is 10.2. The van der Waals surface area contributed by atoms with Crippen LogP contribution in [0.4, 0.5) is 4.79 Å². The molecule has 0 unspecified atom stereocenters. The van der Waals surface area contributed by atoms with Crippen molar-refractivity contribution in [2.75, 3.05) is 0 Å². The fourth-order valence-electron chi connectivity index (χ4n) is 2.02. The topological polar surface area (TPSA) is 58.2 Å². The van der Waals surface area contributed by atoms with Crippen molar-refractivity contribution in [1.82, 2.24) is 10.6 Å². The van der Waals surface area contributed by atoms with Crippen LogP contribution in [0.3, 0.4) is 0 Å². The van der Waals surface area contributed by atoms with Crippen LogP contribution in [0, 0.1) is 6.92 Å². The minimum Gasteiger partial charge on any atom is -0.303 e. The third-order valence-electron chi connectivity index (χ3n) is 3.17. The number of hydrogen-bond donors (Lipinski definition) is 2. The Morgan fingerprint density at radius 2 is 1.45 bits per heavy atom. The lowest BCUT2D eigenvalue weighted by molar-refractivity contribution is -0.115. The normalized spacial score (nSPS) is 15.8. The fraction of sp³-hybridized carbons (Fsp3) is 0.0588. The molecule has 22 heavy (non-hydrogen) atoms. The quantitative estimate of drug-likeness (QED) is 0.675. The van der Waals surface area contributed by atoms with Gasteiger partial charge in [-0.15, -0.1) is 0 Å². The van der Waals surface area contributed by atoms with Gasteiger partial charge in [-0.1, -0.05) is 41.6 Å². The molecular formula is C17H14N2O2S. The number of rotatable bonds is 3. The van der Waals surface area contributed by atoms with Gasteiger partial charge >= 0.3 is 6.03 Å². The zero-order valence-corrected chi connectivity index (χ0v) is 12.7. The van der Waals surface area contributed by atoms with Gasteiger partial charge in [-0.3, -0.25) is 10.1 Å². The molecule has 0 saturated carbocycles. The molecular weight excluding hydrogens is 296 g/mol. The summed E-state index contributed by atoms with van der Waals surface area (Å²) in [4.78, 5) is 24.8. The number of amides is 3. The summed E-state index contributed by atoms with van der Waals surface area (Å²) >= 11 is 1.68. The van der Waals surface area contributed by atoms with Crippen LogP contribution in [0.1, 0.15) is 11.1 Å². The SMILES string of the molecule is Cc1ccc(Sc2ccc(C=C3NC(=O)NC3=O)cc2)cc1. The molecule has 0 aromatic heterocycles. The minimum absolute atomic E-state index is 0.268. The summed E-state index contributed by atoms with van der Waals surface area (Å²) in [5.74, 6) is -0.400. The molecule has 2 aromatic carbocycles. The molecule has 0 radical (unpaired) electrons. The van der Waals surface area contributed by atoms with E-state index < -0.39 is 11.9 Å².